The molecule has 4 N–H and O–H groups in total. The summed E-state index contributed by atoms with van der Waals surface area (Å²) in [6.45, 7) is 1.78. The molecule has 4 heteroatoms. The van der Waals surface area contributed by atoms with Gasteiger partial charge < -0.3 is 16.2 Å². The molecule has 70 valence electrons. The van der Waals surface area contributed by atoms with E-state index in [1.54, 1.807) is 26.2 Å². The molecule has 0 bridgehead atoms. The van der Waals surface area contributed by atoms with E-state index in [2.05, 4.69) is 0 Å². The Morgan fingerprint density at radius 1 is 1.46 bits per heavy atom. The Morgan fingerprint density at radius 2 is 2.08 bits per heavy atom. The van der Waals surface area contributed by atoms with E-state index >= 15 is 0 Å². The fourth-order valence-corrected chi connectivity index (χ4v) is 1.14. The number of rotatable bonds is 2. The maximum absolute atomic E-state index is 10.9. The Kier molecular flexibility index (Phi) is 2.41. The van der Waals surface area contributed by atoms with Crippen LogP contribution in [0.25, 0.3) is 0 Å². The third-order valence-corrected chi connectivity index (χ3v) is 1.95. The molecule has 0 aliphatic heterocycles. The van der Waals surface area contributed by atoms with Crippen molar-refractivity contribution >= 4 is 11.6 Å². The smallest absolute Gasteiger partial charge is 0.250 e. The Hall–Kier alpha value is -1.71. The quantitative estimate of drug-likeness (QED) is 0.657. The Labute approximate surface area is 76.5 Å². The van der Waals surface area contributed by atoms with Crippen molar-refractivity contribution in [1.29, 1.82) is 0 Å². The molecule has 13 heavy (non-hydrogen) atoms. The van der Waals surface area contributed by atoms with Crippen molar-refractivity contribution in [3.63, 3.8) is 0 Å². The summed E-state index contributed by atoms with van der Waals surface area (Å²) in [4.78, 5) is 10.9. The minimum atomic E-state index is -0.525. The highest BCUT2D eigenvalue weighted by atomic mass is 16.5. The number of carbonyl (C=O) groups excluding carboxylic acids is 1. The highest BCUT2D eigenvalue weighted by Crippen LogP contribution is 2.26. The van der Waals surface area contributed by atoms with E-state index in [1.165, 1.54) is 0 Å². The lowest BCUT2D eigenvalue weighted by atomic mass is 10.1. The second-order valence-electron chi connectivity index (χ2n) is 2.72. The third kappa shape index (κ3) is 1.56. The van der Waals surface area contributed by atoms with Crippen LogP contribution in [0.3, 0.4) is 0 Å². The number of methoxy groups -OCH3 is 1. The number of nitrogen functional groups attached to an aromatic ring is 1. The summed E-state index contributed by atoms with van der Waals surface area (Å²) >= 11 is 0. The van der Waals surface area contributed by atoms with E-state index < -0.39 is 5.91 Å². The molecule has 0 saturated heterocycles. The van der Waals surface area contributed by atoms with Crippen molar-refractivity contribution in [1.82, 2.24) is 0 Å². The largest absolute Gasteiger partial charge is 0.496 e. The van der Waals surface area contributed by atoms with Gasteiger partial charge in [0.25, 0.3) is 5.91 Å². The van der Waals surface area contributed by atoms with E-state index in [-0.39, 0.29) is 0 Å². The number of nitrogens with two attached hydrogens (primary N) is 2. The number of ether oxygens (including phenoxy) is 1. The number of anilines is 1. The molecule has 1 amide bonds. The zero-order chi connectivity index (χ0) is 10.0. The molecule has 4 nitrogen and oxygen atoms in total. The van der Waals surface area contributed by atoms with Gasteiger partial charge in [0, 0.05) is 5.56 Å². The molecule has 0 aliphatic carbocycles. The number of primary amides is 1. The van der Waals surface area contributed by atoms with Crippen LogP contribution in [0.4, 0.5) is 5.69 Å². The summed E-state index contributed by atoms with van der Waals surface area (Å²) < 4.78 is 5.03. The normalized spacial score (nSPS) is 9.69. The van der Waals surface area contributed by atoms with E-state index in [0.29, 0.717) is 17.0 Å². The van der Waals surface area contributed by atoms with Crippen molar-refractivity contribution in [2.24, 2.45) is 5.73 Å². The van der Waals surface area contributed by atoms with Crippen molar-refractivity contribution < 1.29 is 9.53 Å². The van der Waals surface area contributed by atoms with Gasteiger partial charge in [0.05, 0.1) is 18.4 Å². The maximum atomic E-state index is 10.9. The van der Waals surface area contributed by atoms with Gasteiger partial charge >= 0.3 is 0 Å². The van der Waals surface area contributed by atoms with E-state index in [9.17, 15) is 4.79 Å². The first-order valence-corrected chi connectivity index (χ1v) is 3.80. The van der Waals surface area contributed by atoms with Crippen LogP contribution in [0.2, 0.25) is 0 Å². The van der Waals surface area contributed by atoms with Gasteiger partial charge in [-0.05, 0) is 19.1 Å². The maximum Gasteiger partial charge on any atom is 0.250 e. The van der Waals surface area contributed by atoms with Crippen molar-refractivity contribution in [3.8, 4) is 5.75 Å². The van der Waals surface area contributed by atoms with Gasteiger partial charge in [-0.2, -0.15) is 0 Å². The molecule has 0 atom stereocenters. The van der Waals surface area contributed by atoms with Crippen LogP contribution in [0.5, 0.6) is 5.75 Å². The summed E-state index contributed by atoms with van der Waals surface area (Å²) in [5, 5.41) is 0. The van der Waals surface area contributed by atoms with Crippen LogP contribution in [-0.4, -0.2) is 13.0 Å². The predicted molar refractivity (Wildman–Crippen MR) is 50.7 cm³/mol. The molecule has 0 fully saturated rings. The fraction of sp³-hybridized carbons (Fsp3) is 0.222. The van der Waals surface area contributed by atoms with Crippen LogP contribution in [-0.2, 0) is 0 Å². The molecule has 1 aromatic carbocycles. The van der Waals surface area contributed by atoms with Gasteiger partial charge in [0.1, 0.15) is 5.75 Å². The second-order valence-corrected chi connectivity index (χ2v) is 2.72. The Bertz CT molecular complexity index is 348. The second kappa shape index (κ2) is 3.35. The number of carbonyl (C=O) groups is 1. The summed E-state index contributed by atoms with van der Waals surface area (Å²) in [5.41, 5.74) is 12.2. The van der Waals surface area contributed by atoms with E-state index in [1.807, 2.05) is 0 Å². The molecule has 0 heterocycles. The topological polar surface area (TPSA) is 78.3 Å². The van der Waals surface area contributed by atoms with Gasteiger partial charge in [-0.15, -0.1) is 0 Å². The van der Waals surface area contributed by atoms with Crippen LogP contribution in [0.1, 0.15) is 15.9 Å². The number of hydrogen-bond acceptors (Lipinski definition) is 3. The SMILES string of the molecule is COc1ccc(C(N)=O)c(N)c1C. The van der Waals surface area contributed by atoms with Gasteiger partial charge in [-0.25, -0.2) is 0 Å². The minimum Gasteiger partial charge on any atom is -0.496 e. The number of amides is 1. The molecule has 0 unspecified atom stereocenters. The van der Waals surface area contributed by atoms with E-state index in [0.717, 1.165) is 5.56 Å². The third-order valence-electron chi connectivity index (χ3n) is 1.95. The zero-order valence-corrected chi connectivity index (χ0v) is 7.63. The standard InChI is InChI=1S/C9H12N2O2/c1-5-7(13-2)4-3-6(8(5)10)9(11)12/h3-4H,10H2,1-2H3,(H2,11,12). The first kappa shape index (κ1) is 9.38. The van der Waals surface area contributed by atoms with Gasteiger partial charge in [-0.1, -0.05) is 0 Å². The van der Waals surface area contributed by atoms with Gasteiger partial charge in [0.2, 0.25) is 0 Å². The Morgan fingerprint density at radius 3 is 2.54 bits per heavy atom. The van der Waals surface area contributed by atoms with Crippen molar-refractivity contribution in [2.45, 2.75) is 6.92 Å². The lowest BCUT2D eigenvalue weighted by molar-refractivity contribution is 0.100. The molecule has 1 rings (SSSR count). The molecule has 0 aromatic heterocycles. The number of benzene rings is 1. The monoisotopic (exact) mass is 180 g/mol. The average Bonchev–Trinajstić information content (AvgIpc) is 2.09. The lowest BCUT2D eigenvalue weighted by Crippen LogP contribution is -2.14. The van der Waals surface area contributed by atoms with Crippen molar-refractivity contribution in [3.05, 3.63) is 23.3 Å². The van der Waals surface area contributed by atoms with Gasteiger partial charge in [0.15, 0.2) is 0 Å². The van der Waals surface area contributed by atoms with Crippen LogP contribution >= 0.6 is 0 Å². The molecule has 1 aromatic rings. The van der Waals surface area contributed by atoms with Crippen LogP contribution in [0, 0.1) is 6.92 Å². The molecule has 0 spiro atoms. The number of hydrogen-bond donors (Lipinski definition) is 2. The minimum absolute atomic E-state index is 0.332. The fourth-order valence-electron chi connectivity index (χ4n) is 1.14. The van der Waals surface area contributed by atoms with E-state index in [4.69, 9.17) is 16.2 Å². The van der Waals surface area contributed by atoms with Crippen LogP contribution < -0.4 is 16.2 Å². The molecule has 0 saturated carbocycles. The summed E-state index contributed by atoms with van der Waals surface area (Å²) in [7, 11) is 1.55. The highest BCUT2D eigenvalue weighted by Gasteiger charge is 2.10. The average molecular weight is 180 g/mol. The first-order valence-electron chi connectivity index (χ1n) is 3.80. The molecule has 0 radical (unpaired) electrons. The lowest BCUT2D eigenvalue weighted by Gasteiger charge is -2.09. The highest BCUT2D eigenvalue weighted by molar-refractivity contribution is 5.99. The van der Waals surface area contributed by atoms with Gasteiger partial charge in [-0.3, -0.25) is 4.79 Å². The first-order chi connectivity index (χ1) is 6.07. The molecule has 0 aliphatic rings. The zero-order valence-electron chi connectivity index (χ0n) is 7.63. The van der Waals surface area contributed by atoms with Crippen LogP contribution in [0.15, 0.2) is 12.1 Å². The molecular formula is C9H12N2O2. The summed E-state index contributed by atoms with van der Waals surface area (Å²) in [5.74, 6) is 0.130. The van der Waals surface area contributed by atoms with Crippen molar-refractivity contribution in [2.75, 3.05) is 12.8 Å². The summed E-state index contributed by atoms with van der Waals surface area (Å²) in [6.07, 6.45) is 0. The predicted octanol–water partition coefficient (Wildman–Crippen LogP) is 0.685. The Balaban J connectivity index is 3.31. The summed E-state index contributed by atoms with van der Waals surface area (Å²) in [6, 6.07) is 3.23. The molecular weight excluding hydrogens is 168 g/mol.